The van der Waals surface area contributed by atoms with Gasteiger partial charge in [-0.1, -0.05) is 18.2 Å². The minimum atomic E-state index is -1.21. The van der Waals surface area contributed by atoms with Crippen LogP contribution >= 0.6 is 23.2 Å². The molecule has 0 aliphatic rings. The Balaban J connectivity index is 0.000000376. The van der Waals surface area contributed by atoms with Gasteiger partial charge in [0.1, 0.15) is 0 Å². The van der Waals surface area contributed by atoms with Crippen molar-refractivity contribution in [3.8, 4) is 11.5 Å². The monoisotopic (exact) mass is 746 g/mol. The summed E-state index contributed by atoms with van der Waals surface area (Å²) in [4.78, 5) is 60.2. The number of nitro benzene ring substituents is 6. The quantitative estimate of drug-likeness (QED) is 0.110. The second kappa shape index (κ2) is 20.4. The summed E-state index contributed by atoms with van der Waals surface area (Å²) in [6.07, 6.45) is 0. The van der Waals surface area contributed by atoms with Gasteiger partial charge in [-0.3, -0.25) is 65.6 Å². The van der Waals surface area contributed by atoms with E-state index in [1.807, 2.05) is 6.07 Å². The SMILES string of the molecule is CCN(CCN(CCCl)CCCl)c1ccccc1.O=[N+]([O-])c1cc([N+](=O)[O-])c(O)c([N+](=O)[O-])c1.O=[N+]([O-])c1cc([N+](=O)[O-])c(O)c([N+](=O)[O-])c1. The van der Waals surface area contributed by atoms with Crippen molar-refractivity contribution in [1.82, 2.24) is 4.90 Å². The van der Waals surface area contributed by atoms with Crippen molar-refractivity contribution in [2.24, 2.45) is 0 Å². The molecule has 0 radical (unpaired) electrons. The van der Waals surface area contributed by atoms with Crippen LogP contribution in [0.15, 0.2) is 54.6 Å². The van der Waals surface area contributed by atoms with Crippen LogP contribution in [0.5, 0.6) is 11.5 Å². The molecule has 0 heterocycles. The molecule has 270 valence electrons. The third-order valence-corrected chi connectivity index (χ3v) is 6.65. The van der Waals surface area contributed by atoms with Gasteiger partial charge in [0.2, 0.25) is 0 Å². The Bertz CT molecular complexity index is 1530. The van der Waals surface area contributed by atoms with Crippen LogP contribution in [0.2, 0.25) is 0 Å². The fourth-order valence-electron chi connectivity index (χ4n) is 3.89. The highest BCUT2D eigenvalue weighted by atomic mass is 35.5. The lowest BCUT2D eigenvalue weighted by molar-refractivity contribution is -0.404. The van der Waals surface area contributed by atoms with E-state index in [4.69, 9.17) is 33.4 Å². The second-order valence-electron chi connectivity index (χ2n) is 9.34. The van der Waals surface area contributed by atoms with E-state index in [1.54, 1.807) is 0 Å². The molecule has 0 bridgehead atoms. The first-order valence-electron chi connectivity index (χ1n) is 13.7. The lowest BCUT2D eigenvalue weighted by atomic mass is 10.2. The number of aromatic hydroxyl groups is 2. The molecule has 3 aromatic rings. The van der Waals surface area contributed by atoms with Crippen molar-refractivity contribution in [2.45, 2.75) is 6.92 Å². The third kappa shape index (κ3) is 12.6. The maximum Gasteiger partial charge on any atom is 0.324 e. The number of halogens is 2. The summed E-state index contributed by atoms with van der Waals surface area (Å²) < 4.78 is 0. The molecule has 3 rings (SSSR count). The molecule has 0 aliphatic heterocycles. The van der Waals surface area contributed by atoms with E-state index >= 15 is 0 Å². The van der Waals surface area contributed by atoms with E-state index in [2.05, 4.69) is 41.0 Å². The number of anilines is 1. The van der Waals surface area contributed by atoms with Gasteiger partial charge in [0, 0.05) is 50.2 Å². The smallest absolute Gasteiger partial charge is 0.324 e. The molecule has 0 saturated carbocycles. The number of rotatable bonds is 15. The molecule has 22 nitrogen and oxygen atoms in total. The van der Waals surface area contributed by atoms with E-state index in [0.29, 0.717) is 36.0 Å². The average molecular weight is 747 g/mol. The first kappa shape index (κ1) is 42.0. The molecule has 0 saturated heterocycles. The van der Waals surface area contributed by atoms with Gasteiger partial charge < -0.3 is 15.1 Å². The molecule has 50 heavy (non-hydrogen) atoms. The lowest BCUT2D eigenvalue weighted by Gasteiger charge is -2.27. The van der Waals surface area contributed by atoms with Crippen molar-refractivity contribution in [2.75, 3.05) is 49.4 Å². The van der Waals surface area contributed by atoms with Crippen LogP contribution in [0, 0.1) is 60.7 Å². The van der Waals surface area contributed by atoms with Crippen molar-refractivity contribution >= 4 is 63.0 Å². The zero-order valence-electron chi connectivity index (χ0n) is 25.8. The highest BCUT2D eigenvalue weighted by molar-refractivity contribution is 6.18. The van der Waals surface area contributed by atoms with Crippen LogP contribution in [0.4, 0.5) is 39.8 Å². The molecule has 0 unspecified atom stereocenters. The maximum absolute atomic E-state index is 10.4. The van der Waals surface area contributed by atoms with Gasteiger partial charge in [-0.2, -0.15) is 0 Å². The number of benzene rings is 3. The number of nitro groups is 6. The zero-order chi connectivity index (χ0) is 38.1. The largest absolute Gasteiger partial charge is 0.497 e. The van der Waals surface area contributed by atoms with Crippen LogP contribution in [-0.2, 0) is 0 Å². The Morgan fingerprint density at radius 2 is 0.900 bits per heavy atom. The minimum Gasteiger partial charge on any atom is -0.497 e. The first-order chi connectivity index (χ1) is 23.5. The molecule has 3 aromatic carbocycles. The van der Waals surface area contributed by atoms with Gasteiger partial charge in [-0.25, -0.2) is 0 Å². The number of non-ortho nitro benzene ring substituents is 2. The molecule has 24 heteroatoms. The number of hydrogen-bond acceptors (Lipinski definition) is 16. The number of hydrogen-bond donors (Lipinski definition) is 2. The van der Waals surface area contributed by atoms with E-state index < -0.39 is 75.2 Å². The van der Waals surface area contributed by atoms with Gasteiger partial charge in [0.15, 0.2) is 0 Å². The van der Waals surface area contributed by atoms with E-state index in [-0.39, 0.29) is 0 Å². The summed E-state index contributed by atoms with van der Waals surface area (Å²) in [6.45, 7) is 7.01. The topological polar surface area (TPSA) is 306 Å². The average Bonchev–Trinajstić information content (AvgIpc) is 3.05. The highest BCUT2D eigenvalue weighted by Gasteiger charge is 2.31. The Hall–Kier alpha value is -6.00. The summed E-state index contributed by atoms with van der Waals surface area (Å²) in [5.74, 6) is -1.09. The Labute approximate surface area is 290 Å². The van der Waals surface area contributed by atoms with Crippen molar-refractivity contribution in [1.29, 1.82) is 0 Å². The normalized spacial score (nSPS) is 10.2. The third-order valence-electron chi connectivity index (χ3n) is 6.31. The first-order valence-corrected chi connectivity index (χ1v) is 14.8. The number of alkyl halides is 2. The molecule has 0 atom stereocenters. The van der Waals surface area contributed by atoms with E-state index in [0.717, 1.165) is 32.7 Å². The Morgan fingerprint density at radius 1 is 0.560 bits per heavy atom. The van der Waals surface area contributed by atoms with Gasteiger partial charge in [-0.15, -0.1) is 23.2 Å². The van der Waals surface area contributed by atoms with Crippen molar-refractivity contribution in [3.63, 3.8) is 0 Å². The van der Waals surface area contributed by atoms with Gasteiger partial charge in [0.05, 0.1) is 53.8 Å². The summed E-state index contributed by atoms with van der Waals surface area (Å²) in [6, 6.07) is 12.3. The Morgan fingerprint density at radius 3 is 1.16 bits per heavy atom. The van der Waals surface area contributed by atoms with Crippen molar-refractivity contribution < 1.29 is 39.8 Å². The maximum atomic E-state index is 10.4. The van der Waals surface area contributed by atoms with Gasteiger partial charge >= 0.3 is 22.7 Å². The van der Waals surface area contributed by atoms with E-state index in [1.165, 1.54) is 5.69 Å². The summed E-state index contributed by atoms with van der Waals surface area (Å²) in [7, 11) is 0. The summed E-state index contributed by atoms with van der Waals surface area (Å²) in [5.41, 5.74) is -4.73. The summed E-state index contributed by atoms with van der Waals surface area (Å²) in [5, 5.41) is 80.4. The van der Waals surface area contributed by atoms with Gasteiger partial charge in [-0.05, 0) is 19.1 Å². The predicted molar refractivity (Wildman–Crippen MR) is 178 cm³/mol. The lowest BCUT2D eigenvalue weighted by Crippen LogP contribution is -2.37. The van der Waals surface area contributed by atoms with Crippen LogP contribution in [-0.4, -0.2) is 89.1 Å². The number of para-hydroxylation sites is 1. The molecule has 0 fully saturated rings. The van der Waals surface area contributed by atoms with Crippen LogP contribution < -0.4 is 4.90 Å². The molecule has 0 spiro atoms. The van der Waals surface area contributed by atoms with Gasteiger partial charge in [0.25, 0.3) is 22.9 Å². The van der Waals surface area contributed by atoms with Crippen molar-refractivity contribution in [3.05, 3.63) is 115 Å². The standard InChI is InChI=1S/C14H22Cl2N2.2C6H3N3O7/c1-2-18(14-6-4-3-5-7-14)13-12-17(10-8-15)11-9-16;2*10-6-4(8(13)14)1-3(7(11)12)2-5(6)9(15)16/h3-7H,2,8-13H2,1H3;2*1-2,10H. The highest BCUT2D eigenvalue weighted by Crippen LogP contribution is 2.40. The Kier molecular flexibility index (Phi) is 17.1. The molecule has 0 amide bonds. The fourth-order valence-corrected chi connectivity index (χ4v) is 4.37. The molecule has 2 N–H and O–H groups in total. The van der Waals surface area contributed by atoms with Crippen LogP contribution in [0.25, 0.3) is 0 Å². The molecule has 0 aromatic heterocycles. The molecular formula is C26H28Cl2N8O14. The van der Waals surface area contributed by atoms with E-state index in [9.17, 15) is 60.7 Å². The molecule has 0 aliphatic carbocycles. The second-order valence-corrected chi connectivity index (χ2v) is 10.1. The minimum absolute atomic E-state index is 0.447. The zero-order valence-corrected chi connectivity index (χ0v) is 27.3. The number of likely N-dealkylation sites (N-methyl/N-ethyl adjacent to an activating group) is 1. The fraction of sp³-hybridized carbons (Fsp3) is 0.308. The number of phenols is 2. The molecular weight excluding hydrogens is 719 g/mol. The van der Waals surface area contributed by atoms with Crippen LogP contribution in [0.3, 0.4) is 0 Å². The predicted octanol–water partition coefficient (Wildman–Crippen LogP) is 5.53. The number of nitrogens with zero attached hydrogens (tertiary/aromatic N) is 8. The van der Waals surface area contributed by atoms with Crippen LogP contribution in [0.1, 0.15) is 6.92 Å². The summed E-state index contributed by atoms with van der Waals surface area (Å²) >= 11 is 11.6. The number of phenolic OH excluding ortho intramolecular Hbond substituents is 2.